The molecule has 1 aromatic heterocycles. The summed E-state index contributed by atoms with van der Waals surface area (Å²) in [7, 11) is 0. The van der Waals surface area contributed by atoms with Gasteiger partial charge in [-0.25, -0.2) is 9.02 Å². The van der Waals surface area contributed by atoms with Gasteiger partial charge in [0.15, 0.2) is 0 Å². The SMILES string of the molecule is Cc1nonc1OCCNC(=O)[C@]1(c2ccc(F)cc2)CC1(C)C. The van der Waals surface area contributed by atoms with Crippen molar-refractivity contribution < 1.29 is 18.6 Å². The number of hydrogen-bond donors (Lipinski definition) is 1. The van der Waals surface area contributed by atoms with Crippen molar-refractivity contribution in [2.75, 3.05) is 13.2 Å². The van der Waals surface area contributed by atoms with Crippen molar-refractivity contribution >= 4 is 5.91 Å². The molecule has 1 fully saturated rings. The smallest absolute Gasteiger partial charge is 0.278 e. The van der Waals surface area contributed by atoms with Crippen molar-refractivity contribution in [3.05, 3.63) is 41.3 Å². The van der Waals surface area contributed by atoms with Crippen LogP contribution in [0.2, 0.25) is 0 Å². The fourth-order valence-electron chi connectivity index (χ4n) is 3.18. The van der Waals surface area contributed by atoms with E-state index in [4.69, 9.17) is 4.74 Å². The summed E-state index contributed by atoms with van der Waals surface area (Å²) in [5.41, 5.74) is 0.616. The summed E-state index contributed by atoms with van der Waals surface area (Å²) in [4.78, 5) is 12.7. The first kappa shape index (κ1) is 16.4. The van der Waals surface area contributed by atoms with Crippen LogP contribution in [-0.2, 0) is 10.2 Å². The number of rotatable bonds is 6. The Morgan fingerprint density at radius 1 is 1.33 bits per heavy atom. The summed E-state index contributed by atoms with van der Waals surface area (Å²) in [5.74, 6) is -0.0558. The van der Waals surface area contributed by atoms with E-state index in [-0.39, 0.29) is 23.7 Å². The van der Waals surface area contributed by atoms with Crippen LogP contribution in [0.5, 0.6) is 5.88 Å². The van der Waals surface area contributed by atoms with Crippen LogP contribution >= 0.6 is 0 Å². The van der Waals surface area contributed by atoms with Gasteiger partial charge >= 0.3 is 0 Å². The molecule has 1 N–H and O–H groups in total. The van der Waals surface area contributed by atoms with Crippen LogP contribution in [0.25, 0.3) is 0 Å². The largest absolute Gasteiger partial charge is 0.472 e. The molecule has 1 aliphatic rings. The molecule has 128 valence electrons. The van der Waals surface area contributed by atoms with Gasteiger partial charge < -0.3 is 10.1 Å². The fraction of sp³-hybridized carbons (Fsp3) is 0.471. The van der Waals surface area contributed by atoms with Crippen molar-refractivity contribution in [1.29, 1.82) is 0 Å². The first-order valence-corrected chi connectivity index (χ1v) is 7.83. The summed E-state index contributed by atoms with van der Waals surface area (Å²) in [5, 5.41) is 10.1. The van der Waals surface area contributed by atoms with Gasteiger partial charge in [-0.3, -0.25) is 4.79 Å². The maximum atomic E-state index is 13.2. The molecule has 0 saturated heterocycles. The summed E-state index contributed by atoms with van der Waals surface area (Å²) < 4.78 is 23.1. The molecule has 6 nitrogen and oxygen atoms in total. The lowest BCUT2D eigenvalue weighted by molar-refractivity contribution is -0.124. The number of ether oxygens (including phenoxy) is 1. The highest BCUT2D eigenvalue weighted by Crippen LogP contribution is 2.64. The molecule has 24 heavy (non-hydrogen) atoms. The second-order valence-corrected chi connectivity index (χ2v) is 6.73. The molecular formula is C17H20FN3O3. The Morgan fingerprint density at radius 2 is 2.00 bits per heavy atom. The summed E-state index contributed by atoms with van der Waals surface area (Å²) in [6, 6.07) is 6.15. The lowest BCUT2D eigenvalue weighted by Crippen LogP contribution is -2.39. The maximum absolute atomic E-state index is 13.2. The number of carbonyl (C=O) groups excluding carboxylic acids is 1. The summed E-state index contributed by atoms with van der Waals surface area (Å²) in [6.45, 7) is 6.40. The number of benzene rings is 1. The van der Waals surface area contributed by atoms with Gasteiger partial charge in [0.05, 0.1) is 12.0 Å². The van der Waals surface area contributed by atoms with E-state index in [0.29, 0.717) is 18.1 Å². The van der Waals surface area contributed by atoms with Gasteiger partial charge in [-0.2, -0.15) is 0 Å². The van der Waals surface area contributed by atoms with E-state index in [2.05, 4.69) is 20.3 Å². The number of aromatic nitrogens is 2. The average Bonchev–Trinajstić information content (AvgIpc) is 2.91. The molecular weight excluding hydrogens is 313 g/mol. The topological polar surface area (TPSA) is 77.2 Å². The molecule has 3 rings (SSSR count). The lowest BCUT2D eigenvalue weighted by Gasteiger charge is -2.20. The van der Waals surface area contributed by atoms with E-state index >= 15 is 0 Å². The van der Waals surface area contributed by atoms with Gasteiger partial charge in [0.25, 0.3) is 5.88 Å². The third kappa shape index (κ3) is 2.74. The number of aryl methyl sites for hydroxylation is 1. The predicted molar refractivity (Wildman–Crippen MR) is 84.0 cm³/mol. The molecule has 1 amide bonds. The molecule has 2 aromatic rings. The molecule has 1 heterocycles. The molecule has 1 atom stereocenters. The molecule has 7 heteroatoms. The van der Waals surface area contributed by atoms with Crippen LogP contribution < -0.4 is 10.1 Å². The molecule has 0 spiro atoms. The number of nitrogens with zero attached hydrogens (tertiary/aromatic N) is 2. The second-order valence-electron chi connectivity index (χ2n) is 6.73. The second kappa shape index (κ2) is 5.89. The lowest BCUT2D eigenvalue weighted by atomic mass is 9.87. The van der Waals surface area contributed by atoms with Gasteiger partial charge in [-0.1, -0.05) is 31.1 Å². The quantitative estimate of drug-likeness (QED) is 0.821. The van der Waals surface area contributed by atoms with E-state index in [0.717, 1.165) is 12.0 Å². The zero-order chi connectivity index (χ0) is 17.4. The highest BCUT2D eigenvalue weighted by Gasteiger charge is 2.66. The van der Waals surface area contributed by atoms with Crippen molar-refractivity contribution in [1.82, 2.24) is 15.6 Å². The van der Waals surface area contributed by atoms with E-state index in [9.17, 15) is 9.18 Å². The van der Waals surface area contributed by atoms with Crippen LogP contribution in [0.15, 0.2) is 28.9 Å². The summed E-state index contributed by atoms with van der Waals surface area (Å²) in [6.07, 6.45) is 0.727. The standard InChI is InChI=1S/C17H20FN3O3/c1-11-14(21-24-20-11)23-9-8-19-15(22)17(10-16(17,2)3)12-4-6-13(18)7-5-12/h4-7H,8-10H2,1-3H3,(H,19,22)/t17-/m1/s1. The highest BCUT2D eigenvalue weighted by atomic mass is 19.1. The Labute approximate surface area is 139 Å². The molecule has 0 unspecified atom stereocenters. The van der Waals surface area contributed by atoms with Crippen molar-refractivity contribution in [3.8, 4) is 5.88 Å². The first-order chi connectivity index (χ1) is 11.4. The van der Waals surface area contributed by atoms with Crippen LogP contribution in [-0.4, -0.2) is 29.4 Å². The zero-order valence-corrected chi connectivity index (χ0v) is 13.9. The molecule has 0 bridgehead atoms. The van der Waals surface area contributed by atoms with Gasteiger partial charge in [-0.15, -0.1) is 0 Å². The van der Waals surface area contributed by atoms with Crippen LogP contribution in [0.4, 0.5) is 4.39 Å². The van der Waals surface area contributed by atoms with Crippen LogP contribution in [0, 0.1) is 18.2 Å². The molecule has 1 aromatic carbocycles. The minimum Gasteiger partial charge on any atom is -0.472 e. The number of nitrogens with one attached hydrogen (secondary N) is 1. The zero-order valence-electron chi connectivity index (χ0n) is 13.9. The van der Waals surface area contributed by atoms with Crippen LogP contribution in [0.3, 0.4) is 0 Å². The van der Waals surface area contributed by atoms with Crippen molar-refractivity contribution in [2.45, 2.75) is 32.6 Å². The Hall–Kier alpha value is -2.44. The third-order valence-electron chi connectivity index (χ3n) is 4.70. The number of hydrogen-bond acceptors (Lipinski definition) is 5. The predicted octanol–water partition coefficient (Wildman–Crippen LogP) is 2.38. The Balaban J connectivity index is 1.62. The van der Waals surface area contributed by atoms with Gasteiger partial charge in [-0.05, 0) is 41.6 Å². The average molecular weight is 333 g/mol. The first-order valence-electron chi connectivity index (χ1n) is 7.83. The van der Waals surface area contributed by atoms with E-state index in [1.54, 1.807) is 19.1 Å². The summed E-state index contributed by atoms with van der Waals surface area (Å²) >= 11 is 0. The molecule has 1 saturated carbocycles. The molecule has 0 radical (unpaired) electrons. The Bertz CT molecular complexity index is 742. The Kier molecular flexibility index (Phi) is 4.03. The fourth-order valence-corrected chi connectivity index (χ4v) is 3.18. The van der Waals surface area contributed by atoms with Gasteiger partial charge in [0, 0.05) is 0 Å². The number of amides is 1. The van der Waals surface area contributed by atoms with E-state index < -0.39 is 5.41 Å². The Morgan fingerprint density at radius 3 is 2.54 bits per heavy atom. The normalized spacial score (nSPS) is 21.3. The monoisotopic (exact) mass is 333 g/mol. The van der Waals surface area contributed by atoms with Crippen molar-refractivity contribution in [2.24, 2.45) is 5.41 Å². The van der Waals surface area contributed by atoms with Crippen molar-refractivity contribution in [3.63, 3.8) is 0 Å². The van der Waals surface area contributed by atoms with Gasteiger partial charge in [0.1, 0.15) is 18.1 Å². The number of carbonyl (C=O) groups is 1. The highest BCUT2D eigenvalue weighted by molar-refractivity contribution is 5.93. The van der Waals surface area contributed by atoms with Crippen LogP contribution in [0.1, 0.15) is 31.5 Å². The van der Waals surface area contributed by atoms with E-state index in [1.165, 1.54) is 12.1 Å². The minimum absolute atomic E-state index is 0.0716. The molecule has 0 aliphatic heterocycles. The number of halogens is 1. The third-order valence-corrected chi connectivity index (χ3v) is 4.70. The maximum Gasteiger partial charge on any atom is 0.278 e. The van der Waals surface area contributed by atoms with Gasteiger partial charge in [0.2, 0.25) is 5.91 Å². The minimum atomic E-state index is -0.619. The molecule has 1 aliphatic carbocycles. The van der Waals surface area contributed by atoms with E-state index in [1.807, 2.05) is 13.8 Å².